The smallest absolute Gasteiger partial charge is 0.325 e. The Kier molecular flexibility index (Phi) is 7.20. The molecule has 0 radical (unpaired) electrons. The molecule has 36 heavy (non-hydrogen) atoms. The number of allylic oxidation sites excluding steroid dienone is 2. The van der Waals surface area contributed by atoms with Crippen LogP contribution in [0, 0.1) is 0 Å². The van der Waals surface area contributed by atoms with Crippen LogP contribution in [0.5, 0.6) is 11.8 Å². The first-order chi connectivity index (χ1) is 17.5. The highest BCUT2D eigenvalue weighted by molar-refractivity contribution is 6.33. The Morgan fingerprint density at radius 1 is 1.17 bits per heavy atom. The summed E-state index contributed by atoms with van der Waals surface area (Å²) in [6, 6.07) is 6.17. The molecule has 2 aliphatic heterocycles. The van der Waals surface area contributed by atoms with Crippen molar-refractivity contribution in [1.82, 2.24) is 14.9 Å². The first-order valence-corrected chi connectivity index (χ1v) is 12.7. The lowest BCUT2D eigenvalue weighted by atomic mass is 10.1. The van der Waals surface area contributed by atoms with E-state index in [4.69, 9.17) is 21.3 Å². The molecule has 7 nitrogen and oxygen atoms in total. The molecule has 5 rings (SSSR count). The third kappa shape index (κ3) is 5.37. The zero-order valence-electron chi connectivity index (χ0n) is 20.8. The highest BCUT2D eigenvalue weighted by Crippen LogP contribution is 2.38. The standard InChI is InChI=1S/C28H31ClN6O/c1-4-6-20-16-24(30-18-20)31-25-17-26(35-12-10-34(9-5-2)11-13-35)33-28(32-25)36-23-8-7-21-14-19(3)15-22(21)27(23)29/h4-8,15-17H,2,9-14,18H2,1,3H3,(H,30,31,32,33)/b6-4+. The molecule has 3 aliphatic rings. The number of amidine groups is 1. The molecule has 186 valence electrons. The van der Waals surface area contributed by atoms with Gasteiger partial charge in [0.15, 0.2) is 0 Å². The molecule has 3 heterocycles. The molecule has 0 bridgehead atoms. The number of benzene rings is 1. The van der Waals surface area contributed by atoms with Crippen molar-refractivity contribution < 1.29 is 4.74 Å². The SMILES string of the molecule is C=CCN1CCN(c2cc(NC3=NCC(/C=C/C)=C3)nc(Oc3ccc4c(c3Cl)C=C(C)C4)n2)CC1. The van der Waals surface area contributed by atoms with Gasteiger partial charge in [-0.2, -0.15) is 9.97 Å². The van der Waals surface area contributed by atoms with Crippen LogP contribution in [0.25, 0.3) is 6.08 Å². The van der Waals surface area contributed by atoms with Gasteiger partial charge in [0.1, 0.15) is 23.2 Å². The first-order valence-electron chi connectivity index (χ1n) is 12.3. The molecule has 0 amide bonds. The van der Waals surface area contributed by atoms with Crippen LogP contribution in [0.4, 0.5) is 11.6 Å². The Morgan fingerprint density at radius 2 is 2.00 bits per heavy atom. The van der Waals surface area contributed by atoms with E-state index in [1.807, 2.05) is 37.3 Å². The predicted molar refractivity (Wildman–Crippen MR) is 149 cm³/mol. The topological polar surface area (TPSA) is 65.9 Å². The van der Waals surface area contributed by atoms with Gasteiger partial charge in [-0.05, 0) is 43.5 Å². The minimum atomic E-state index is 0.250. The number of aliphatic imine (C=N–C) groups is 1. The summed E-state index contributed by atoms with van der Waals surface area (Å²) in [6.45, 7) is 13.1. The van der Waals surface area contributed by atoms with Crippen molar-refractivity contribution in [2.75, 3.05) is 49.5 Å². The van der Waals surface area contributed by atoms with Crippen LogP contribution in [0.2, 0.25) is 5.02 Å². The number of nitrogens with zero attached hydrogens (tertiary/aromatic N) is 5. The van der Waals surface area contributed by atoms with Crippen molar-refractivity contribution in [2.45, 2.75) is 20.3 Å². The molecule has 1 aromatic heterocycles. The van der Waals surface area contributed by atoms with E-state index in [1.165, 1.54) is 11.1 Å². The highest BCUT2D eigenvalue weighted by Gasteiger charge is 2.21. The molecule has 2 aromatic rings. The van der Waals surface area contributed by atoms with Gasteiger partial charge in [-0.1, -0.05) is 47.5 Å². The van der Waals surface area contributed by atoms with Crippen molar-refractivity contribution in [1.29, 1.82) is 0 Å². The fraction of sp³-hybridized carbons (Fsp3) is 0.321. The van der Waals surface area contributed by atoms with Crippen LogP contribution in [0.3, 0.4) is 0 Å². The summed E-state index contributed by atoms with van der Waals surface area (Å²) in [6.07, 6.45) is 11.1. The minimum absolute atomic E-state index is 0.250. The number of nitrogens with one attached hydrogen (secondary N) is 1. The Balaban J connectivity index is 1.43. The number of rotatable bonds is 7. The molecule has 0 atom stereocenters. The van der Waals surface area contributed by atoms with Gasteiger partial charge in [-0.25, -0.2) is 0 Å². The van der Waals surface area contributed by atoms with Gasteiger partial charge < -0.3 is 15.0 Å². The Labute approximate surface area is 217 Å². The molecule has 0 saturated carbocycles. The Morgan fingerprint density at radius 3 is 2.78 bits per heavy atom. The van der Waals surface area contributed by atoms with Gasteiger partial charge in [0.25, 0.3) is 0 Å². The van der Waals surface area contributed by atoms with Crippen LogP contribution >= 0.6 is 11.6 Å². The van der Waals surface area contributed by atoms with Crippen LogP contribution in [0.15, 0.2) is 65.2 Å². The maximum Gasteiger partial charge on any atom is 0.325 e. The lowest BCUT2D eigenvalue weighted by molar-refractivity contribution is 0.283. The molecule has 0 spiro atoms. The number of aromatic nitrogens is 2. The summed E-state index contributed by atoms with van der Waals surface area (Å²) < 4.78 is 6.19. The second-order valence-electron chi connectivity index (χ2n) is 9.24. The number of hydrogen-bond donors (Lipinski definition) is 1. The van der Waals surface area contributed by atoms with E-state index in [0.29, 0.717) is 23.1 Å². The predicted octanol–water partition coefficient (Wildman–Crippen LogP) is 5.52. The van der Waals surface area contributed by atoms with Crippen LogP contribution < -0.4 is 15.0 Å². The fourth-order valence-corrected chi connectivity index (χ4v) is 4.97. The second-order valence-corrected chi connectivity index (χ2v) is 9.61. The highest BCUT2D eigenvalue weighted by atomic mass is 35.5. The summed E-state index contributed by atoms with van der Waals surface area (Å²) in [7, 11) is 0. The first kappa shape index (κ1) is 24.3. The largest absolute Gasteiger partial charge is 0.423 e. The molecule has 1 aliphatic carbocycles. The van der Waals surface area contributed by atoms with E-state index in [1.54, 1.807) is 0 Å². The van der Waals surface area contributed by atoms with E-state index in [0.717, 1.165) is 61.9 Å². The lowest BCUT2D eigenvalue weighted by Crippen LogP contribution is -2.46. The number of hydrogen-bond acceptors (Lipinski definition) is 7. The zero-order valence-corrected chi connectivity index (χ0v) is 21.6. The summed E-state index contributed by atoms with van der Waals surface area (Å²) in [4.78, 5) is 18.6. The third-order valence-corrected chi connectivity index (χ3v) is 6.85. The second kappa shape index (κ2) is 10.7. The Hall–Kier alpha value is -3.42. The number of piperazine rings is 1. The summed E-state index contributed by atoms with van der Waals surface area (Å²) in [5, 5.41) is 3.93. The number of halogens is 1. The molecule has 1 saturated heterocycles. The molecule has 1 fully saturated rings. The van der Waals surface area contributed by atoms with Crippen molar-refractivity contribution >= 4 is 35.1 Å². The summed E-state index contributed by atoms with van der Waals surface area (Å²) in [5.41, 5.74) is 4.66. The normalized spacial score (nSPS) is 17.6. The van der Waals surface area contributed by atoms with Crippen LogP contribution in [0.1, 0.15) is 25.0 Å². The average molecular weight is 503 g/mol. The number of fused-ring (bicyclic) bond motifs is 1. The van der Waals surface area contributed by atoms with Gasteiger partial charge >= 0.3 is 6.01 Å². The summed E-state index contributed by atoms with van der Waals surface area (Å²) in [5.74, 6) is 2.76. The zero-order chi connectivity index (χ0) is 25.1. The van der Waals surface area contributed by atoms with E-state index in [9.17, 15) is 0 Å². The van der Waals surface area contributed by atoms with Crippen molar-refractivity contribution in [2.24, 2.45) is 4.99 Å². The van der Waals surface area contributed by atoms with Gasteiger partial charge in [-0.3, -0.25) is 9.89 Å². The Bertz CT molecular complexity index is 1290. The van der Waals surface area contributed by atoms with Gasteiger partial charge in [-0.15, -0.1) is 6.58 Å². The molecule has 1 N–H and O–H groups in total. The van der Waals surface area contributed by atoms with Crippen molar-refractivity contribution in [3.05, 3.63) is 76.4 Å². The minimum Gasteiger partial charge on any atom is -0.423 e. The van der Waals surface area contributed by atoms with E-state index in [-0.39, 0.29) is 6.01 Å². The van der Waals surface area contributed by atoms with Gasteiger partial charge in [0.05, 0.1) is 11.6 Å². The quantitative estimate of drug-likeness (QED) is 0.503. The average Bonchev–Trinajstić information content (AvgIpc) is 3.47. The van der Waals surface area contributed by atoms with Gasteiger partial charge in [0.2, 0.25) is 0 Å². The summed E-state index contributed by atoms with van der Waals surface area (Å²) >= 11 is 6.73. The molecule has 1 aromatic carbocycles. The van der Waals surface area contributed by atoms with Gasteiger partial charge in [0, 0.05) is 44.4 Å². The molecular formula is C28H31ClN6O. The maximum atomic E-state index is 6.73. The fourth-order valence-electron chi connectivity index (χ4n) is 4.69. The van der Waals surface area contributed by atoms with Crippen molar-refractivity contribution in [3.8, 4) is 11.8 Å². The van der Waals surface area contributed by atoms with E-state index in [2.05, 4.69) is 56.8 Å². The van der Waals surface area contributed by atoms with E-state index >= 15 is 0 Å². The molecule has 0 unspecified atom stereocenters. The number of anilines is 2. The third-order valence-electron chi connectivity index (χ3n) is 6.46. The van der Waals surface area contributed by atoms with E-state index < -0.39 is 0 Å². The van der Waals surface area contributed by atoms with Crippen molar-refractivity contribution in [3.63, 3.8) is 0 Å². The van der Waals surface area contributed by atoms with Crippen LogP contribution in [-0.4, -0.2) is 60.0 Å². The maximum absolute atomic E-state index is 6.73. The molecule has 8 heteroatoms. The van der Waals surface area contributed by atoms with Crippen LogP contribution in [-0.2, 0) is 6.42 Å². The number of ether oxygens (including phenoxy) is 1. The molecular weight excluding hydrogens is 472 g/mol. The monoisotopic (exact) mass is 502 g/mol. The lowest BCUT2D eigenvalue weighted by Gasteiger charge is -2.34.